The Labute approximate surface area is 139 Å². The lowest BCUT2D eigenvalue weighted by Gasteiger charge is -1.94. The lowest BCUT2D eigenvalue weighted by Crippen LogP contribution is -1.88. The van der Waals surface area contributed by atoms with Crippen molar-refractivity contribution in [3.63, 3.8) is 0 Å². The van der Waals surface area contributed by atoms with Crippen LogP contribution in [0.5, 0.6) is 0 Å². The van der Waals surface area contributed by atoms with Crippen molar-refractivity contribution in [2.24, 2.45) is 5.10 Å². The number of benzene rings is 2. The highest BCUT2D eigenvalue weighted by Gasteiger charge is 2.03. The summed E-state index contributed by atoms with van der Waals surface area (Å²) in [6.07, 6.45) is 3.75. The molecule has 0 saturated carbocycles. The SMILES string of the molecule is Brc1ccc2[nH]cc(C=NNc3nc4ccccc4s3)c2c1. The molecule has 2 aromatic carbocycles. The van der Waals surface area contributed by atoms with Crippen molar-refractivity contribution >= 4 is 59.7 Å². The monoisotopic (exact) mass is 370 g/mol. The number of nitrogens with one attached hydrogen (secondary N) is 2. The molecular formula is C16H11BrN4S. The molecule has 4 rings (SSSR count). The zero-order valence-corrected chi connectivity index (χ0v) is 13.8. The number of hydrogen-bond acceptors (Lipinski definition) is 4. The number of fused-ring (bicyclic) bond motifs is 2. The standard InChI is InChI=1S/C16H11BrN4S/c17-11-5-6-13-12(7-11)10(8-18-13)9-19-21-16-20-14-3-1-2-4-15(14)22-16/h1-9,18H,(H,20,21). The topological polar surface area (TPSA) is 53.1 Å². The summed E-state index contributed by atoms with van der Waals surface area (Å²) in [4.78, 5) is 7.72. The highest BCUT2D eigenvalue weighted by Crippen LogP contribution is 2.25. The van der Waals surface area contributed by atoms with E-state index in [1.54, 1.807) is 17.6 Å². The summed E-state index contributed by atoms with van der Waals surface area (Å²) in [7, 11) is 0. The van der Waals surface area contributed by atoms with Gasteiger partial charge >= 0.3 is 0 Å². The summed E-state index contributed by atoms with van der Waals surface area (Å²) in [6, 6.07) is 14.2. The maximum atomic E-state index is 4.49. The van der Waals surface area contributed by atoms with Crippen molar-refractivity contribution in [2.45, 2.75) is 0 Å². The third-order valence-corrected chi connectivity index (χ3v) is 4.77. The third-order valence-electron chi connectivity index (χ3n) is 3.33. The van der Waals surface area contributed by atoms with Gasteiger partial charge in [0.15, 0.2) is 0 Å². The lowest BCUT2D eigenvalue weighted by atomic mass is 10.2. The largest absolute Gasteiger partial charge is 0.361 e. The number of aromatic amines is 1. The summed E-state index contributed by atoms with van der Waals surface area (Å²) in [5.74, 6) is 0. The summed E-state index contributed by atoms with van der Waals surface area (Å²) < 4.78 is 2.20. The number of anilines is 1. The van der Waals surface area contributed by atoms with Crippen LogP contribution in [0.25, 0.3) is 21.1 Å². The Hall–Kier alpha value is -2.18. The van der Waals surface area contributed by atoms with E-state index < -0.39 is 0 Å². The number of hydrazone groups is 1. The van der Waals surface area contributed by atoms with Crippen LogP contribution >= 0.6 is 27.3 Å². The summed E-state index contributed by atoms with van der Waals surface area (Å²) in [6.45, 7) is 0. The fourth-order valence-electron chi connectivity index (χ4n) is 2.30. The van der Waals surface area contributed by atoms with E-state index in [0.717, 1.165) is 36.3 Å². The maximum Gasteiger partial charge on any atom is 0.204 e. The molecule has 0 aliphatic carbocycles. The Morgan fingerprint density at radius 3 is 3.05 bits per heavy atom. The molecular weight excluding hydrogens is 360 g/mol. The van der Waals surface area contributed by atoms with E-state index in [1.807, 2.05) is 36.5 Å². The summed E-state index contributed by atoms with van der Waals surface area (Å²) in [5.41, 5.74) is 6.11. The van der Waals surface area contributed by atoms with Gasteiger partial charge in [-0.25, -0.2) is 4.98 Å². The Bertz CT molecular complexity index is 953. The van der Waals surface area contributed by atoms with Gasteiger partial charge in [0.25, 0.3) is 0 Å². The van der Waals surface area contributed by atoms with Gasteiger partial charge in [0.05, 0.1) is 16.4 Å². The van der Waals surface area contributed by atoms with Crippen molar-refractivity contribution in [1.29, 1.82) is 0 Å². The minimum Gasteiger partial charge on any atom is -0.361 e. The number of rotatable bonds is 3. The zero-order chi connectivity index (χ0) is 14.9. The molecule has 2 heterocycles. The highest BCUT2D eigenvalue weighted by molar-refractivity contribution is 9.10. The van der Waals surface area contributed by atoms with Gasteiger partial charge in [-0.2, -0.15) is 5.10 Å². The second-order valence-corrected chi connectivity index (χ2v) is 6.74. The quantitative estimate of drug-likeness (QED) is 0.394. The molecule has 0 radical (unpaired) electrons. The molecule has 0 atom stereocenters. The van der Waals surface area contributed by atoms with Gasteiger partial charge in [0, 0.05) is 27.1 Å². The number of halogens is 1. The predicted molar refractivity (Wildman–Crippen MR) is 96.8 cm³/mol. The third kappa shape index (κ3) is 2.51. The molecule has 4 nitrogen and oxygen atoms in total. The van der Waals surface area contributed by atoms with Gasteiger partial charge < -0.3 is 4.98 Å². The number of para-hydroxylation sites is 1. The van der Waals surface area contributed by atoms with E-state index in [-0.39, 0.29) is 0 Å². The first-order valence-corrected chi connectivity index (χ1v) is 8.32. The van der Waals surface area contributed by atoms with E-state index in [9.17, 15) is 0 Å². The molecule has 108 valence electrons. The number of hydrogen-bond donors (Lipinski definition) is 2. The molecule has 0 unspecified atom stereocenters. The molecule has 6 heteroatoms. The van der Waals surface area contributed by atoms with Crippen LogP contribution in [0.1, 0.15) is 5.56 Å². The lowest BCUT2D eigenvalue weighted by molar-refractivity contribution is 1.31. The van der Waals surface area contributed by atoms with E-state index >= 15 is 0 Å². The summed E-state index contributed by atoms with van der Waals surface area (Å²) in [5, 5.41) is 6.22. The number of nitrogens with zero attached hydrogens (tertiary/aromatic N) is 2. The van der Waals surface area contributed by atoms with Crippen LogP contribution in [0, 0.1) is 0 Å². The van der Waals surface area contributed by atoms with Crippen molar-refractivity contribution in [1.82, 2.24) is 9.97 Å². The van der Waals surface area contributed by atoms with Crippen LogP contribution < -0.4 is 5.43 Å². The molecule has 4 aromatic rings. The van der Waals surface area contributed by atoms with Crippen LogP contribution in [-0.2, 0) is 0 Å². The molecule has 2 N–H and O–H groups in total. The molecule has 22 heavy (non-hydrogen) atoms. The van der Waals surface area contributed by atoms with Crippen LogP contribution in [0.2, 0.25) is 0 Å². The second kappa shape index (κ2) is 5.55. The van der Waals surface area contributed by atoms with E-state index in [0.29, 0.717) is 0 Å². The van der Waals surface area contributed by atoms with Crippen LogP contribution in [0.15, 0.2) is 58.2 Å². The summed E-state index contributed by atoms with van der Waals surface area (Å²) >= 11 is 5.08. The van der Waals surface area contributed by atoms with Crippen LogP contribution in [-0.4, -0.2) is 16.2 Å². The fraction of sp³-hybridized carbons (Fsp3) is 0. The fourth-order valence-corrected chi connectivity index (χ4v) is 3.47. The maximum absolute atomic E-state index is 4.49. The van der Waals surface area contributed by atoms with E-state index in [4.69, 9.17) is 0 Å². The van der Waals surface area contributed by atoms with Gasteiger partial charge in [-0.05, 0) is 30.3 Å². The molecule has 0 spiro atoms. The van der Waals surface area contributed by atoms with Crippen molar-refractivity contribution in [2.75, 3.05) is 5.43 Å². The minimum absolute atomic E-state index is 0.790. The van der Waals surface area contributed by atoms with E-state index in [1.165, 1.54) is 0 Å². The number of thiazole rings is 1. The number of H-pyrrole nitrogens is 1. The number of aromatic nitrogens is 2. The first-order chi connectivity index (χ1) is 10.8. The molecule has 0 aliphatic rings. The van der Waals surface area contributed by atoms with Crippen LogP contribution in [0.3, 0.4) is 0 Å². The van der Waals surface area contributed by atoms with Gasteiger partial charge in [-0.1, -0.05) is 39.4 Å². The van der Waals surface area contributed by atoms with Gasteiger partial charge in [-0.3, -0.25) is 5.43 Å². The first-order valence-electron chi connectivity index (χ1n) is 6.71. The van der Waals surface area contributed by atoms with Crippen molar-refractivity contribution in [3.05, 3.63) is 58.7 Å². The van der Waals surface area contributed by atoms with Gasteiger partial charge in [0.2, 0.25) is 5.13 Å². The Morgan fingerprint density at radius 1 is 1.23 bits per heavy atom. The van der Waals surface area contributed by atoms with Crippen molar-refractivity contribution in [3.8, 4) is 0 Å². The van der Waals surface area contributed by atoms with E-state index in [2.05, 4.69) is 48.6 Å². The molecule has 0 amide bonds. The second-order valence-electron chi connectivity index (χ2n) is 4.79. The van der Waals surface area contributed by atoms with Crippen molar-refractivity contribution < 1.29 is 0 Å². The average molecular weight is 371 g/mol. The Kier molecular flexibility index (Phi) is 3.40. The van der Waals surface area contributed by atoms with Gasteiger partial charge in [0.1, 0.15) is 0 Å². The minimum atomic E-state index is 0.790. The average Bonchev–Trinajstić information content (AvgIpc) is 3.11. The molecule has 0 saturated heterocycles. The zero-order valence-electron chi connectivity index (χ0n) is 11.4. The first kappa shape index (κ1) is 13.5. The Balaban J connectivity index is 1.59. The normalized spacial score (nSPS) is 11.7. The smallest absolute Gasteiger partial charge is 0.204 e. The highest BCUT2D eigenvalue weighted by atomic mass is 79.9. The Morgan fingerprint density at radius 2 is 2.14 bits per heavy atom. The van der Waals surface area contributed by atoms with Gasteiger partial charge in [-0.15, -0.1) is 0 Å². The predicted octanol–water partition coefficient (Wildman–Crippen LogP) is 4.99. The molecule has 2 aromatic heterocycles. The molecule has 0 fully saturated rings. The molecule has 0 aliphatic heterocycles. The molecule has 0 bridgehead atoms. The van der Waals surface area contributed by atoms with Crippen LogP contribution in [0.4, 0.5) is 5.13 Å².